The summed E-state index contributed by atoms with van der Waals surface area (Å²) in [5, 5.41) is 12.5. The molecule has 2 unspecified atom stereocenters. The number of nitriles is 1. The molecule has 1 aromatic carbocycles. The zero-order valence-electron chi connectivity index (χ0n) is 18.6. The fourth-order valence-corrected chi connectivity index (χ4v) is 4.85. The topological polar surface area (TPSA) is 130 Å². The molecule has 0 saturated carbocycles. The summed E-state index contributed by atoms with van der Waals surface area (Å²) < 4.78 is 17.3. The fourth-order valence-electron chi connectivity index (χ4n) is 4.85. The lowest BCUT2D eigenvalue weighted by molar-refractivity contribution is -0.169. The van der Waals surface area contributed by atoms with E-state index in [0.717, 1.165) is 0 Å². The molecule has 10 nitrogen and oxygen atoms in total. The van der Waals surface area contributed by atoms with Crippen LogP contribution in [0.5, 0.6) is 5.75 Å². The van der Waals surface area contributed by atoms with Crippen LogP contribution in [-0.2, 0) is 14.3 Å². The molecule has 4 heterocycles. The highest BCUT2D eigenvalue weighted by molar-refractivity contribution is 5.98. The van der Waals surface area contributed by atoms with Crippen molar-refractivity contribution in [1.29, 1.82) is 5.26 Å². The minimum atomic E-state index is -1.11. The highest BCUT2D eigenvalue weighted by atomic mass is 16.7. The second kappa shape index (κ2) is 8.93. The van der Waals surface area contributed by atoms with Crippen LogP contribution in [0.3, 0.4) is 0 Å². The van der Waals surface area contributed by atoms with Crippen LogP contribution in [0.15, 0.2) is 41.7 Å². The number of benzene rings is 1. The van der Waals surface area contributed by atoms with Gasteiger partial charge in [-0.1, -0.05) is 30.9 Å². The van der Waals surface area contributed by atoms with Crippen molar-refractivity contribution in [2.24, 2.45) is 5.92 Å². The Balaban J connectivity index is 1.52. The summed E-state index contributed by atoms with van der Waals surface area (Å²) in [6.45, 7) is 6.24. The van der Waals surface area contributed by atoms with E-state index >= 15 is 0 Å². The third-order valence-corrected chi connectivity index (χ3v) is 6.50. The van der Waals surface area contributed by atoms with Crippen molar-refractivity contribution in [1.82, 2.24) is 9.97 Å². The highest BCUT2D eigenvalue weighted by Crippen LogP contribution is 2.42. The predicted molar refractivity (Wildman–Crippen MR) is 123 cm³/mol. The molecule has 1 aromatic heterocycles. The average Bonchev–Trinajstić information content (AvgIpc) is 3.30. The molecule has 3 aliphatic rings. The third kappa shape index (κ3) is 3.83. The molecular weight excluding hydrogens is 438 g/mol. The van der Waals surface area contributed by atoms with Gasteiger partial charge in [0.05, 0.1) is 24.8 Å². The fraction of sp³-hybridized carbons (Fsp3) is 0.417. The monoisotopic (exact) mass is 463 g/mol. The molecule has 0 aliphatic carbocycles. The van der Waals surface area contributed by atoms with Crippen molar-refractivity contribution in [3.8, 4) is 11.8 Å². The molecule has 34 heavy (non-hydrogen) atoms. The summed E-state index contributed by atoms with van der Waals surface area (Å²) in [5.74, 6) is -2.00. The summed E-state index contributed by atoms with van der Waals surface area (Å²) in [5.41, 5.74) is 0.403. The van der Waals surface area contributed by atoms with E-state index < -0.39 is 29.1 Å². The van der Waals surface area contributed by atoms with Gasteiger partial charge in [0, 0.05) is 37.4 Å². The second-order valence-corrected chi connectivity index (χ2v) is 8.46. The van der Waals surface area contributed by atoms with E-state index in [1.54, 1.807) is 30.3 Å². The first kappa shape index (κ1) is 22.1. The number of H-pyrrole nitrogens is 1. The van der Waals surface area contributed by atoms with Gasteiger partial charge in [-0.2, -0.15) is 10.2 Å². The molecule has 0 radical (unpaired) electrons. The van der Waals surface area contributed by atoms with Crippen LogP contribution in [0.2, 0.25) is 0 Å². The Morgan fingerprint density at radius 3 is 2.71 bits per heavy atom. The Labute approximate surface area is 196 Å². The first-order valence-corrected chi connectivity index (χ1v) is 11.3. The van der Waals surface area contributed by atoms with Gasteiger partial charge in [0.1, 0.15) is 24.1 Å². The van der Waals surface area contributed by atoms with Crippen LogP contribution in [0.25, 0.3) is 0 Å². The van der Waals surface area contributed by atoms with Gasteiger partial charge in [-0.05, 0) is 6.07 Å². The van der Waals surface area contributed by atoms with Gasteiger partial charge in [-0.3, -0.25) is 14.6 Å². The molecule has 1 amide bonds. The van der Waals surface area contributed by atoms with Crippen molar-refractivity contribution >= 4 is 17.7 Å². The van der Waals surface area contributed by atoms with Gasteiger partial charge in [0.25, 0.3) is 5.56 Å². The third-order valence-electron chi connectivity index (χ3n) is 6.50. The number of amides is 1. The summed E-state index contributed by atoms with van der Waals surface area (Å²) in [4.78, 5) is 35.6. The van der Waals surface area contributed by atoms with Crippen LogP contribution in [0, 0.1) is 17.2 Å². The standard InChI is InChI=1S/C24H25N5O5/c1-2-11-32-17-6-4-3-5-15(17)18-16(14-25)21(30)26-20-19(18)22(31)28-23(27-20)29-9-7-24(8-10-29)33-12-13-34-24/h2-6,16,18H,1,7-13H2,(H2,26,27,28,30,31). The number of piperidine rings is 1. The van der Waals surface area contributed by atoms with E-state index in [1.807, 2.05) is 4.90 Å². The largest absolute Gasteiger partial charge is 0.489 e. The number of ether oxygens (including phenoxy) is 3. The number of hydrogen-bond acceptors (Lipinski definition) is 8. The summed E-state index contributed by atoms with van der Waals surface area (Å²) >= 11 is 0. The minimum absolute atomic E-state index is 0.160. The summed E-state index contributed by atoms with van der Waals surface area (Å²) in [6, 6.07) is 9.13. The number of carbonyl (C=O) groups is 1. The van der Waals surface area contributed by atoms with Gasteiger partial charge in [0.15, 0.2) is 5.79 Å². The van der Waals surface area contributed by atoms with Crippen molar-refractivity contribution in [2.75, 3.05) is 43.1 Å². The van der Waals surface area contributed by atoms with Crippen LogP contribution in [0.1, 0.15) is 29.9 Å². The van der Waals surface area contributed by atoms with E-state index in [-0.39, 0.29) is 18.0 Å². The number of aromatic nitrogens is 2. The molecule has 1 spiro atoms. The van der Waals surface area contributed by atoms with Gasteiger partial charge in [-0.25, -0.2) is 0 Å². The summed E-state index contributed by atoms with van der Waals surface area (Å²) in [7, 11) is 0. The normalized spacial score (nSPS) is 23.1. The molecule has 2 saturated heterocycles. The lowest BCUT2D eigenvalue weighted by Crippen LogP contribution is -2.46. The molecule has 2 fully saturated rings. The van der Waals surface area contributed by atoms with Crippen LogP contribution < -0.4 is 20.5 Å². The van der Waals surface area contributed by atoms with Crippen LogP contribution in [-0.4, -0.2) is 54.6 Å². The van der Waals surface area contributed by atoms with E-state index in [0.29, 0.717) is 56.4 Å². The number of anilines is 2. The first-order chi connectivity index (χ1) is 16.5. The van der Waals surface area contributed by atoms with Gasteiger partial charge in [-0.15, -0.1) is 0 Å². The minimum Gasteiger partial charge on any atom is -0.489 e. The molecule has 10 heteroatoms. The van der Waals surface area contributed by atoms with Gasteiger partial charge in [0.2, 0.25) is 11.9 Å². The maximum Gasteiger partial charge on any atom is 0.258 e. The lowest BCUT2D eigenvalue weighted by atomic mass is 9.79. The average molecular weight is 463 g/mol. The maximum atomic E-state index is 13.4. The molecule has 2 atom stereocenters. The van der Waals surface area contributed by atoms with Gasteiger partial charge < -0.3 is 24.4 Å². The number of aromatic amines is 1. The smallest absolute Gasteiger partial charge is 0.258 e. The highest BCUT2D eigenvalue weighted by Gasteiger charge is 2.43. The molecule has 2 aromatic rings. The number of para-hydroxylation sites is 1. The van der Waals surface area contributed by atoms with E-state index in [9.17, 15) is 14.9 Å². The maximum absolute atomic E-state index is 13.4. The number of fused-ring (bicyclic) bond motifs is 1. The van der Waals surface area contributed by atoms with Crippen molar-refractivity contribution in [3.63, 3.8) is 0 Å². The molecule has 2 N–H and O–H groups in total. The Bertz CT molecular complexity index is 1200. The van der Waals surface area contributed by atoms with Crippen molar-refractivity contribution in [2.45, 2.75) is 24.5 Å². The molecule has 5 rings (SSSR count). The second-order valence-electron chi connectivity index (χ2n) is 8.46. The lowest BCUT2D eigenvalue weighted by Gasteiger charge is -2.38. The predicted octanol–water partition coefficient (Wildman–Crippen LogP) is 1.90. The Hall–Kier alpha value is -3.68. The Morgan fingerprint density at radius 1 is 1.26 bits per heavy atom. The van der Waals surface area contributed by atoms with E-state index in [1.165, 1.54) is 0 Å². The Kier molecular flexibility index (Phi) is 5.81. The van der Waals surface area contributed by atoms with Crippen molar-refractivity contribution in [3.05, 3.63) is 58.4 Å². The number of hydrogen-bond donors (Lipinski definition) is 2. The molecule has 176 valence electrons. The summed E-state index contributed by atoms with van der Waals surface area (Å²) in [6.07, 6.45) is 2.89. The zero-order valence-corrected chi connectivity index (χ0v) is 18.6. The molecule has 3 aliphatic heterocycles. The number of rotatable bonds is 5. The number of nitrogens with zero attached hydrogens (tertiary/aromatic N) is 3. The van der Waals surface area contributed by atoms with Crippen molar-refractivity contribution < 1.29 is 19.0 Å². The quantitative estimate of drug-likeness (QED) is 0.643. The van der Waals surface area contributed by atoms with E-state index in [4.69, 9.17) is 14.2 Å². The number of carbonyl (C=O) groups excluding carboxylic acids is 1. The van der Waals surface area contributed by atoms with Crippen LogP contribution in [0.4, 0.5) is 11.8 Å². The molecular formula is C24H25N5O5. The van der Waals surface area contributed by atoms with Crippen LogP contribution >= 0.6 is 0 Å². The van der Waals surface area contributed by atoms with Gasteiger partial charge >= 0.3 is 0 Å². The Morgan fingerprint density at radius 2 is 2.00 bits per heavy atom. The van der Waals surface area contributed by atoms with E-state index in [2.05, 4.69) is 27.9 Å². The SMILES string of the molecule is C=CCOc1ccccc1C1c2c(nc(N3CCC4(CC3)OCCO4)[nH]c2=O)NC(=O)C1C#N. The first-order valence-electron chi connectivity index (χ1n) is 11.3. The number of nitrogens with one attached hydrogen (secondary N) is 2. The molecule has 0 bridgehead atoms. The zero-order chi connectivity index (χ0) is 23.7.